The molecule has 2 heteroatoms. The molecule has 0 fully saturated rings. The molecule has 2 atom stereocenters. The van der Waals surface area contributed by atoms with Crippen LogP contribution in [0.3, 0.4) is 0 Å². The van der Waals surface area contributed by atoms with Crippen molar-refractivity contribution in [3.63, 3.8) is 0 Å². The number of anilines is 1. The molecule has 0 radical (unpaired) electrons. The van der Waals surface area contributed by atoms with Gasteiger partial charge in [-0.05, 0) is 36.0 Å². The minimum atomic E-state index is 0.564. The molecule has 18 heavy (non-hydrogen) atoms. The van der Waals surface area contributed by atoms with Gasteiger partial charge >= 0.3 is 0 Å². The fourth-order valence-electron chi connectivity index (χ4n) is 2.71. The molecule has 0 amide bonds. The average Bonchev–Trinajstić information content (AvgIpc) is 2.47. The van der Waals surface area contributed by atoms with Gasteiger partial charge in [0.1, 0.15) is 0 Å². The van der Waals surface area contributed by atoms with Crippen LogP contribution in [0.1, 0.15) is 24.1 Å². The van der Waals surface area contributed by atoms with E-state index in [4.69, 9.17) is 0 Å². The third-order valence-electron chi connectivity index (χ3n) is 3.93. The van der Waals surface area contributed by atoms with Crippen molar-refractivity contribution in [2.75, 3.05) is 11.9 Å². The molecule has 3 rings (SSSR count). The molecule has 2 aromatic rings. The van der Waals surface area contributed by atoms with Crippen molar-refractivity contribution in [3.8, 4) is 0 Å². The summed E-state index contributed by atoms with van der Waals surface area (Å²) in [5.74, 6) is 1.18. The molecule has 0 saturated carbocycles. The Hall–Kier alpha value is -1.83. The summed E-state index contributed by atoms with van der Waals surface area (Å²) in [7, 11) is 0. The van der Waals surface area contributed by atoms with Crippen LogP contribution in [0, 0.1) is 5.92 Å². The van der Waals surface area contributed by atoms with Crippen LogP contribution in [0.25, 0.3) is 0 Å². The zero-order valence-electron chi connectivity index (χ0n) is 10.6. The second-order valence-corrected chi connectivity index (χ2v) is 5.04. The lowest BCUT2D eigenvalue weighted by molar-refractivity contribution is 0.450. The second kappa shape index (κ2) is 4.81. The lowest BCUT2D eigenvalue weighted by atomic mass is 9.82. The molecule has 1 aliphatic heterocycles. The zero-order chi connectivity index (χ0) is 12.4. The molecule has 2 heterocycles. The number of nitrogens with one attached hydrogen (secondary N) is 1. The first-order valence-electron chi connectivity index (χ1n) is 6.57. The van der Waals surface area contributed by atoms with Gasteiger partial charge in [-0.3, -0.25) is 4.98 Å². The summed E-state index contributed by atoms with van der Waals surface area (Å²) in [5, 5.41) is 3.50. The van der Waals surface area contributed by atoms with Gasteiger partial charge in [-0.15, -0.1) is 0 Å². The summed E-state index contributed by atoms with van der Waals surface area (Å²) in [6.45, 7) is 3.35. The first kappa shape index (κ1) is 11.3. The van der Waals surface area contributed by atoms with Crippen LogP contribution in [0.15, 0.2) is 48.7 Å². The van der Waals surface area contributed by atoms with E-state index in [1.807, 2.05) is 12.3 Å². The van der Waals surface area contributed by atoms with Crippen molar-refractivity contribution in [2.24, 2.45) is 5.92 Å². The minimum absolute atomic E-state index is 0.564. The number of aromatic nitrogens is 1. The highest BCUT2D eigenvalue weighted by Crippen LogP contribution is 2.32. The number of pyridine rings is 1. The van der Waals surface area contributed by atoms with E-state index >= 15 is 0 Å². The molecular formula is C16H18N2. The molecule has 1 aromatic heterocycles. The fourth-order valence-corrected chi connectivity index (χ4v) is 2.71. The first-order chi connectivity index (χ1) is 8.84. The predicted octanol–water partition coefficient (Wildman–Crippen LogP) is 3.47. The highest BCUT2D eigenvalue weighted by atomic mass is 14.9. The van der Waals surface area contributed by atoms with Crippen LogP contribution in [-0.2, 0) is 6.42 Å². The standard InChI is InChI=1S/C16H18N2/c1-12(13-6-3-2-4-7-13)14-10-16-15(18-11-14)8-5-9-17-16/h2-9,12,14,18H,10-11H2,1H3/t12-,14-/m1/s1. The maximum absolute atomic E-state index is 4.48. The van der Waals surface area contributed by atoms with Gasteiger partial charge < -0.3 is 5.32 Å². The summed E-state index contributed by atoms with van der Waals surface area (Å²) in [5.41, 5.74) is 3.83. The Morgan fingerprint density at radius 1 is 1.17 bits per heavy atom. The third-order valence-corrected chi connectivity index (χ3v) is 3.93. The summed E-state index contributed by atoms with van der Waals surface area (Å²) >= 11 is 0. The molecular weight excluding hydrogens is 220 g/mol. The van der Waals surface area contributed by atoms with Gasteiger partial charge in [0.25, 0.3) is 0 Å². The van der Waals surface area contributed by atoms with Crippen LogP contribution >= 0.6 is 0 Å². The number of rotatable bonds is 2. The number of benzene rings is 1. The average molecular weight is 238 g/mol. The molecule has 2 nitrogen and oxygen atoms in total. The van der Waals surface area contributed by atoms with E-state index in [0.717, 1.165) is 13.0 Å². The van der Waals surface area contributed by atoms with Gasteiger partial charge in [0, 0.05) is 12.7 Å². The molecule has 0 aliphatic carbocycles. The number of hydrogen-bond donors (Lipinski definition) is 1. The van der Waals surface area contributed by atoms with Crippen molar-refractivity contribution >= 4 is 5.69 Å². The molecule has 1 aliphatic rings. The maximum Gasteiger partial charge on any atom is 0.0638 e. The summed E-state index contributed by atoms with van der Waals surface area (Å²) in [6.07, 6.45) is 2.95. The van der Waals surface area contributed by atoms with Crippen LogP contribution in [0.4, 0.5) is 5.69 Å². The lowest BCUT2D eigenvalue weighted by Gasteiger charge is -2.30. The monoisotopic (exact) mass is 238 g/mol. The minimum Gasteiger partial charge on any atom is -0.383 e. The Morgan fingerprint density at radius 3 is 2.83 bits per heavy atom. The van der Waals surface area contributed by atoms with Crippen molar-refractivity contribution in [1.82, 2.24) is 4.98 Å². The Bertz CT molecular complexity index is 522. The fraction of sp³-hybridized carbons (Fsp3) is 0.312. The van der Waals surface area contributed by atoms with E-state index in [2.05, 4.69) is 53.6 Å². The maximum atomic E-state index is 4.48. The normalized spacial score (nSPS) is 19.7. The Labute approximate surface area is 108 Å². The Morgan fingerprint density at radius 2 is 2.00 bits per heavy atom. The molecule has 0 saturated heterocycles. The van der Waals surface area contributed by atoms with Crippen molar-refractivity contribution in [2.45, 2.75) is 19.3 Å². The highest BCUT2D eigenvalue weighted by Gasteiger charge is 2.24. The van der Waals surface area contributed by atoms with Crippen LogP contribution in [0.5, 0.6) is 0 Å². The van der Waals surface area contributed by atoms with Gasteiger partial charge in [0.05, 0.1) is 11.4 Å². The number of nitrogens with zero attached hydrogens (tertiary/aromatic N) is 1. The van der Waals surface area contributed by atoms with Crippen LogP contribution in [-0.4, -0.2) is 11.5 Å². The van der Waals surface area contributed by atoms with E-state index in [-0.39, 0.29) is 0 Å². The molecule has 92 valence electrons. The van der Waals surface area contributed by atoms with Gasteiger partial charge in [-0.2, -0.15) is 0 Å². The largest absolute Gasteiger partial charge is 0.383 e. The Balaban J connectivity index is 1.80. The van der Waals surface area contributed by atoms with Crippen molar-refractivity contribution in [3.05, 3.63) is 59.9 Å². The molecule has 1 aromatic carbocycles. The number of fused-ring (bicyclic) bond motifs is 1. The molecule has 0 bridgehead atoms. The van der Waals surface area contributed by atoms with E-state index in [9.17, 15) is 0 Å². The van der Waals surface area contributed by atoms with E-state index in [1.165, 1.54) is 16.9 Å². The summed E-state index contributed by atoms with van der Waals surface area (Å²) in [4.78, 5) is 4.48. The predicted molar refractivity (Wildman–Crippen MR) is 74.8 cm³/mol. The quantitative estimate of drug-likeness (QED) is 0.866. The van der Waals surface area contributed by atoms with Gasteiger partial charge in [-0.1, -0.05) is 37.3 Å². The van der Waals surface area contributed by atoms with Crippen molar-refractivity contribution in [1.29, 1.82) is 0 Å². The van der Waals surface area contributed by atoms with E-state index < -0.39 is 0 Å². The van der Waals surface area contributed by atoms with E-state index in [1.54, 1.807) is 0 Å². The van der Waals surface area contributed by atoms with Crippen molar-refractivity contribution < 1.29 is 0 Å². The van der Waals surface area contributed by atoms with Crippen LogP contribution < -0.4 is 5.32 Å². The van der Waals surface area contributed by atoms with Gasteiger partial charge in [0.2, 0.25) is 0 Å². The third kappa shape index (κ3) is 2.10. The topological polar surface area (TPSA) is 24.9 Å². The van der Waals surface area contributed by atoms with Crippen LogP contribution in [0.2, 0.25) is 0 Å². The smallest absolute Gasteiger partial charge is 0.0638 e. The lowest BCUT2D eigenvalue weighted by Crippen LogP contribution is -2.27. The summed E-state index contributed by atoms with van der Waals surface area (Å²) < 4.78 is 0. The van der Waals surface area contributed by atoms with Gasteiger partial charge in [0.15, 0.2) is 0 Å². The van der Waals surface area contributed by atoms with E-state index in [0.29, 0.717) is 11.8 Å². The SMILES string of the molecule is C[C@H](c1ccccc1)[C@H]1CNc2cccnc2C1. The summed E-state index contributed by atoms with van der Waals surface area (Å²) in [6, 6.07) is 14.9. The first-order valence-corrected chi connectivity index (χ1v) is 6.57. The Kier molecular flexibility index (Phi) is 3.01. The molecule has 0 spiro atoms. The molecule has 1 N–H and O–H groups in total. The van der Waals surface area contributed by atoms with Gasteiger partial charge in [-0.25, -0.2) is 0 Å². The second-order valence-electron chi connectivity index (χ2n) is 5.04. The number of hydrogen-bond acceptors (Lipinski definition) is 2. The zero-order valence-corrected chi connectivity index (χ0v) is 10.6. The highest BCUT2D eigenvalue weighted by molar-refractivity contribution is 5.49. The molecule has 0 unspecified atom stereocenters.